The first-order valence-electron chi connectivity index (χ1n) is 9.13. The Balaban J connectivity index is 1.71. The lowest BCUT2D eigenvalue weighted by Gasteiger charge is -2.24. The Morgan fingerprint density at radius 3 is 2.66 bits per heavy atom. The molecule has 1 aliphatic rings. The van der Waals surface area contributed by atoms with Gasteiger partial charge in [-0.2, -0.15) is 9.78 Å². The number of hydrogen-bond acceptors (Lipinski definition) is 4. The Labute approximate surface area is 169 Å². The summed E-state index contributed by atoms with van der Waals surface area (Å²) < 4.78 is 31.5. The highest BCUT2D eigenvalue weighted by Gasteiger charge is 2.36. The molecule has 8 heteroatoms. The first-order valence-corrected chi connectivity index (χ1v) is 9.95. The highest BCUT2D eigenvalue weighted by molar-refractivity contribution is 7.20. The lowest BCUT2D eigenvalue weighted by Crippen LogP contribution is -2.26. The van der Waals surface area contributed by atoms with Crippen LogP contribution in [-0.2, 0) is 4.79 Å². The molecule has 0 saturated carbocycles. The van der Waals surface area contributed by atoms with E-state index in [0.717, 1.165) is 15.8 Å². The number of halogens is 2. The van der Waals surface area contributed by atoms with Gasteiger partial charge in [0.2, 0.25) is 11.0 Å². The van der Waals surface area contributed by atoms with Crippen molar-refractivity contribution in [2.24, 2.45) is 0 Å². The third-order valence-corrected chi connectivity index (χ3v) is 6.16. The minimum Gasteiger partial charge on any atom is -0.310 e. The molecule has 5 rings (SSSR count). The second kappa shape index (κ2) is 6.45. The molecule has 0 radical (unpaired) electrons. The smallest absolute Gasteiger partial charge is 0.226 e. The normalized spacial score (nSPS) is 16.1. The third kappa shape index (κ3) is 2.82. The quantitative estimate of drug-likeness (QED) is 0.514. The second-order valence-corrected chi connectivity index (χ2v) is 8.18. The second-order valence-electron chi connectivity index (χ2n) is 7.17. The van der Waals surface area contributed by atoms with E-state index in [-0.39, 0.29) is 17.9 Å². The zero-order chi connectivity index (χ0) is 20.3. The number of amides is 1. The first-order chi connectivity index (χ1) is 13.9. The van der Waals surface area contributed by atoms with Gasteiger partial charge in [0.1, 0.15) is 17.5 Å². The summed E-state index contributed by atoms with van der Waals surface area (Å²) in [6.07, 6.45) is -0.0452. The van der Waals surface area contributed by atoms with Crippen molar-refractivity contribution in [1.29, 1.82) is 0 Å². The molecule has 0 bridgehead atoms. The SMILES string of the molecule is Cc1ccc2nc(-n3nc(C)c4c3NC(=O)CC4c3c(F)cccc3F)sc2c1. The van der Waals surface area contributed by atoms with Crippen molar-refractivity contribution < 1.29 is 13.6 Å². The summed E-state index contributed by atoms with van der Waals surface area (Å²) >= 11 is 1.45. The fourth-order valence-electron chi connectivity index (χ4n) is 3.89. The van der Waals surface area contributed by atoms with Crippen LogP contribution in [0.25, 0.3) is 15.3 Å². The van der Waals surface area contributed by atoms with Gasteiger partial charge in [0.05, 0.1) is 15.9 Å². The molecule has 0 spiro atoms. The van der Waals surface area contributed by atoms with Crippen LogP contribution >= 0.6 is 11.3 Å². The zero-order valence-electron chi connectivity index (χ0n) is 15.7. The van der Waals surface area contributed by atoms with Crippen molar-refractivity contribution in [1.82, 2.24) is 14.8 Å². The molecule has 1 unspecified atom stereocenters. The van der Waals surface area contributed by atoms with E-state index in [1.165, 1.54) is 29.5 Å². The van der Waals surface area contributed by atoms with E-state index in [4.69, 9.17) is 0 Å². The van der Waals surface area contributed by atoms with E-state index in [2.05, 4.69) is 15.4 Å². The van der Waals surface area contributed by atoms with Gasteiger partial charge >= 0.3 is 0 Å². The van der Waals surface area contributed by atoms with Gasteiger partial charge in [-0.1, -0.05) is 23.5 Å². The Morgan fingerprint density at radius 1 is 1.14 bits per heavy atom. The van der Waals surface area contributed by atoms with Gasteiger partial charge in [0, 0.05) is 23.5 Å². The van der Waals surface area contributed by atoms with E-state index in [1.54, 1.807) is 11.6 Å². The van der Waals surface area contributed by atoms with E-state index in [0.29, 0.717) is 22.2 Å². The van der Waals surface area contributed by atoms with Crippen molar-refractivity contribution in [2.75, 3.05) is 5.32 Å². The number of anilines is 1. The van der Waals surface area contributed by atoms with Crippen LogP contribution < -0.4 is 5.32 Å². The molecule has 1 N–H and O–H groups in total. The number of fused-ring (bicyclic) bond motifs is 2. The minimum atomic E-state index is -0.745. The maximum atomic E-state index is 14.5. The molecule has 1 aliphatic heterocycles. The monoisotopic (exact) mass is 410 g/mol. The van der Waals surface area contributed by atoms with Gasteiger partial charge in [0.15, 0.2) is 0 Å². The Morgan fingerprint density at radius 2 is 1.90 bits per heavy atom. The van der Waals surface area contributed by atoms with Gasteiger partial charge in [-0.3, -0.25) is 4.79 Å². The summed E-state index contributed by atoms with van der Waals surface area (Å²) in [5.74, 6) is -1.98. The molecule has 146 valence electrons. The van der Waals surface area contributed by atoms with Gasteiger partial charge in [0.25, 0.3) is 0 Å². The number of carbonyl (C=O) groups is 1. The molecule has 1 atom stereocenters. The maximum Gasteiger partial charge on any atom is 0.226 e. The standard InChI is InChI=1S/C21H16F2N4OS/c1-10-6-7-15-16(8-10)29-21(24-15)27-20-18(11(2)26-27)12(9-17(28)25-20)19-13(22)4-3-5-14(19)23/h3-8,12H,9H2,1-2H3,(H,25,28). The summed E-state index contributed by atoms with van der Waals surface area (Å²) in [4.78, 5) is 17.1. The number of nitrogens with zero attached hydrogens (tertiary/aromatic N) is 3. The number of aromatic nitrogens is 3. The van der Waals surface area contributed by atoms with E-state index >= 15 is 0 Å². The molecule has 4 aromatic rings. The molecule has 5 nitrogen and oxygen atoms in total. The van der Waals surface area contributed by atoms with Crippen LogP contribution in [0.5, 0.6) is 0 Å². The number of aryl methyl sites for hydroxylation is 2. The van der Waals surface area contributed by atoms with Gasteiger partial charge in [-0.15, -0.1) is 0 Å². The van der Waals surface area contributed by atoms with Crippen molar-refractivity contribution in [3.05, 3.63) is 70.4 Å². The lowest BCUT2D eigenvalue weighted by molar-refractivity contribution is -0.116. The van der Waals surface area contributed by atoms with Crippen molar-refractivity contribution in [3.63, 3.8) is 0 Å². The number of thiazole rings is 1. The van der Waals surface area contributed by atoms with Crippen LogP contribution in [-0.4, -0.2) is 20.7 Å². The zero-order valence-corrected chi connectivity index (χ0v) is 16.5. The van der Waals surface area contributed by atoms with Gasteiger partial charge in [-0.25, -0.2) is 13.8 Å². The summed E-state index contributed by atoms with van der Waals surface area (Å²) in [6, 6.07) is 9.69. The van der Waals surface area contributed by atoms with Crippen molar-refractivity contribution >= 4 is 33.3 Å². The summed E-state index contributed by atoms with van der Waals surface area (Å²) in [5, 5.41) is 7.97. The van der Waals surface area contributed by atoms with Gasteiger partial charge < -0.3 is 5.32 Å². The molecule has 2 aromatic heterocycles. The number of rotatable bonds is 2. The number of hydrogen-bond donors (Lipinski definition) is 1. The number of nitrogens with one attached hydrogen (secondary N) is 1. The molecule has 29 heavy (non-hydrogen) atoms. The van der Waals surface area contributed by atoms with Crippen LogP contribution in [0, 0.1) is 25.5 Å². The van der Waals surface area contributed by atoms with E-state index < -0.39 is 17.6 Å². The number of carbonyl (C=O) groups excluding carboxylic acids is 1. The summed E-state index contributed by atoms with van der Waals surface area (Å²) in [5.41, 5.74) is 3.06. The predicted molar refractivity (Wildman–Crippen MR) is 108 cm³/mol. The molecule has 0 saturated heterocycles. The molecule has 1 amide bonds. The average Bonchev–Trinajstić information content (AvgIpc) is 3.22. The average molecular weight is 410 g/mol. The highest BCUT2D eigenvalue weighted by atomic mass is 32.1. The summed E-state index contributed by atoms with van der Waals surface area (Å²) in [7, 11) is 0. The highest BCUT2D eigenvalue weighted by Crippen LogP contribution is 2.42. The van der Waals surface area contributed by atoms with E-state index in [1.807, 2.05) is 25.1 Å². The molecule has 2 aromatic carbocycles. The van der Waals surface area contributed by atoms with Crippen LogP contribution in [0.1, 0.15) is 34.7 Å². The van der Waals surface area contributed by atoms with Crippen LogP contribution in [0.3, 0.4) is 0 Å². The molecule has 0 fully saturated rings. The molecular weight excluding hydrogens is 394 g/mol. The van der Waals surface area contributed by atoms with Crippen molar-refractivity contribution in [3.8, 4) is 5.13 Å². The molecule has 0 aliphatic carbocycles. The minimum absolute atomic E-state index is 0.0452. The van der Waals surface area contributed by atoms with Gasteiger partial charge in [-0.05, 0) is 43.7 Å². The first kappa shape index (κ1) is 17.9. The Bertz CT molecular complexity index is 1270. The fraction of sp³-hybridized carbons (Fsp3) is 0.190. The lowest BCUT2D eigenvalue weighted by atomic mass is 9.85. The maximum absolute atomic E-state index is 14.5. The van der Waals surface area contributed by atoms with Crippen LogP contribution in [0.15, 0.2) is 36.4 Å². The van der Waals surface area contributed by atoms with E-state index in [9.17, 15) is 13.6 Å². The largest absolute Gasteiger partial charge is 0.310 e. The topological polar surface area (TPSA) is 59.8 Å². The Hall–Kier alpha value is -3.13. The number of benzene rings is 2. The van der Waals surface area contributed by atoms with Crippen LogP contribution in [0.2, 0.25) is 0 Å². The predicted octanol–water partition coefficient (Wildman–Crippen LogP) is 4.85. The fourth-order valence-corrected chi connectivity index (χ4v) is 4.91. The van der Waals surface area contributed by atoms with Crippen molar-refractivity contribution in [2.45, 2.75) is 26.2 Å². The Kier molecular flexibility index (Phi) is 3.99. The third-order valence-electron chi connectivity index (χ3n) is 5.16. The molecular formula is C21H16F2N4OS. The van der Waals surface area contributed by atoms with Crippen LogP contribution in [0.4, 0.5) is 14.6 Å². The molecule has 3 heterocycles. The summed E-state index contributed by atoms with van der Waals surface area (Å²) in [6.45, 7) is 3.78.